The molecule has 1 heterocycles. The number of carbonyl (C=O) groups excluding carboxylic acids is 1. The van der Waals surface area contributed by atoms with Crippen LogP contribution in [0, 0.1) is 10.1 Å². The van der Waals surface area contributed by atoms with Crippen LogP contribution in [-0.4, -0.2) is 21.9 Å². The van der Waals surface area contributed by atoms with Crippen LogP contribution in [0.25, 0.3) is 0 Å². The predicted molar refractivity (Wildman–Crippen MR) is 84.4 cm³/mol. The van der Waals surface area contributed by atoms with Gasteiger partial charge in [0.25, 0.3) is 11.6 Å². The average molecular weight is 332 g/mol. The number of non-ortho nitro benzene ring substituents is 1. The van der Waals surface area contributed by atoms with Crippen LogP contribution in [0.15, 0.2) is 24.3 Å². The Morgan fingerprint density at radius 1 is 1.30 bits per heavy atom. The third-order valence-electron chi connectivity index (χ3n) is 3.68. The van der Waals surface area contributed by atoms with Gasteiger partial charge in [-0.25, -0.2) is 4.79 Å². The first kappa shape index (κ1) is 15.2. The Morgan fingerprint density at radius 3 is 2.78 bits per heavy atom. The van der Waals surface area contributed by atoms with E-state index in [4.69, 9.17) is 0 Å². The lowest BCUT2D eigenvalue weighted by atomic mass is 10.1. The number of hydrogen-bond acceptors (Lipinski definition) is 5. The number of hydrogen-bond donors (Lipinski definition) is 2. The van der Waals surface area contributed by atoms with Crippen LogP contribution in [0.1, 0.15) is 37.6 Å². The second-order valence-electron chi connectivity index (χ2n) is 5.13. The molecule has 2 N–H and O–H groups in total. The molecule has 3 rings (SSSR count). The molecule has 0 aliphatic heterocycles. The number of amides is 1. The van der Waals surface area contributed by atoms with Crippen molar-refractivity contribution in [2.24, 2.45) is 0 Å². The highest BCUT2D eigenvalue weighted by Gasteiger charge is 2.27. The topological polar surface area (TPSA) is 110 Å². The molecule has 118 valence electrons. The number of aryl methyl sites for hydroxylation is 1. The minimum absolute atomic E-state index is 0.115. The molecule has 0 saturated carbocycles. The van der Waals surface area contributed by atoms with Crippen LogP contribution in [-0.2, 0) is 12.8 Å². The van der Waals surface area contributed by atoms with Gasteiger partial charge in [0.1, 0.15) is 5.00 Å². The number of nitrogens with one attached hydrogen (secondary N) is 1. The van der Waals surface area contributed by atoms with Crippen molar-refractivity contribution in [3.63, 3.8) is 0 Å². The molecule has 0 bridgehead atoms. The van der Waals surface area contributed by atoms with Gasteiger partial charge in [-0.05, 0) is 30.9 Å². The van der Waals surface area contributed by atoms with Gasteiger partial charge in [0.15, 0.2) is 0 Å². The second-order valence-corrected chi connectivity index (χ2v) is 6.23. The largest absolute Gasteiger partial charge is 0.478 e. The Labute approximate surface area is 134 Å². The molecule has 1 aliphatic rings. The molecule has 1 aromatic carbocycles. The Kier molecular flexibility index (Phi) is 3.83. The minimum atomic E-state index is -1.07. The molecule has 1 aromatic heterocycles. The van der Waals surface area contributed by atoms with E-state index < -0.39 is 16.8 Å². The number of carbonyl (C=O) groups is 2. The number of aromatic carboxylic acids is 1. The number of carboxylic acids is 1. The van der Waals surface area contributed by atoms with Gasteiger partial charge in [-0.3, -0.25) is 14.9 Å². The minimum Gasteiger partial charge on any atom is -0.478 e. The molecule has 1 amide bonds. The maximum atomic E-state index is 12.3. The van der Waals surface area contributed by atoms with Crippen molar-refractivity contribution in [1.29, 1.82) is 0 Å². The van der Waals surface area contributed by atoms with Crippen molar-refractivity contribution in [1.82, 2.24) is 0 Å². The fourth-order valence-electron chi connectivity index (χ4n) is 2.65. The van der Waals surface area contributed by atoms with E-state index in [0.717, 1.165) is 29.3 Å². The summed E-state index contributed by atoms with van der Waals surface area (Å²) in [6.07, 6.45) is 2.42. The monoisotopic (exact) mass is 332 g/mol. The number of thiophene rings is 1. The molecule has 0 radical (unpaired) electrons. The Balaban J connectivity index is 1.91. The van der Waals surface area contributed by atoms with Crippen LogP contribution >= 0.6 is 11.3 Å². The zero-order valence-electron chi connectivity index (χ0n) is 11.9. The highest BCUT2D eigenvalue weighted by Crippen LogP contribution is 2.39. The van der Waals surface area contributed by atoms with Gasteiger partial charge in [0.05, 0.1) is 10.5 Å². The zero-order valence-corrected chi connectivity index (χ0v) is 12.7. The highest BCUT2D eigenvalue weighted by atomic mass is 32.1. The average Bonchev–Trinajstić information content (AvgIpc) is 3.07. The molecule has 2 aromatic rings. The van der Waals surface area contributed by atoms with Crippen molar-refractivity contribution < 1.29 is 19.6 Å². The molecular formula is C15H12N2O5S. The van der Waals surface area contributed by atoms with Crippen molar-refractivity contribution >= 4 is 33.9 Å². The summed E-state index contributed by atoms with van der Waals surface area (Å²) in [5.74, 6) is -1.63. The van der Waals surface area contributed by atoms with Crippen LogP contribution < -0.4 is 5.32 Å². The standard InChI is InChI=1S/C15H12N2O5S/c18-13(8-3-1-4-9(7-8)17(21)22)16-14-12(15(19)20)10-5-2-6-11(10)23-14/h1,3-4,7H,2,5-6H2,(H,16,18)(H,19,20). The number of carboxylic acid groups (broad SMARTS) is 1. The Bertz CT molecular complexity index is 827. The lowest BCUT2D eigenvalue weighted by molar-refractivity contribution is -0.384. The van der Waals surface area contributed by atoms with Crippen molar-refractivity contribution in [2.75, 3.05) is 5.32 Å². The summed E-state index contributed by atoms with van der Waals surface area (Å²) in [6, 6.07) is 5.32. The molecule has 0 unspecified atom stereocenters. The van der Waals surface area contributed by atoms with Gasteiger partial charge in [-0.2, -0.15) is 0 Å². The quantitative estimate of drug-likeness (QED) is 0.660. The van der Waals surface area contributed by atoms with E-state index in [-0.39, 0.29) is 16.8 Å². The first-order valence-corrected chi connectivity index (χ1v) is 7.72. The molecule has 8 heteroatoms. The number of nitrogens with zero attached hydrogens (tertiary/aromatic N) is 1. The van der Waals surface area contributed by atoms with Gasteiger partial charge < -0.3 is 10.4 Å². The summed E-state index contributed by atoms with van der Waals surface area (Å²) in [4.78, 5) is 34.9. The van der Waals surface area contributed by atoms with Gasteiger partial charge in [-0.15, -0.1) is 11.3 Å². The van der Waals surface area contributed by atoms with E-state index in [1.807, 2.05) is 0 Å². The molecule has 1 aliphatic carbocycles. The normalized spacial score (nSPS) is 12.7. The summed E-state index contributed by atoms with van der Waals surface area (Å²) < 4.78 is 0. The van der Waals surface area contributed by atoms with E-state index >= 15 is 0 Å². The van der Waals surface area contributed by atoms with Crippen molar-refractivity contribution in [3.8, 4) is 0 Å². The summed E-state index contributed by atoms with van der Waals surface area (Å²) in [5, 5.41) is 23.0. The molecule has 0 spiro atoms. The number of nitro benzene ring substituents is 1. The molecule has 7 nitrogen and oxygen atoms in total. The number of fused-ring (bicyclic) bond motifs is 1. The third-order valence-corrected chi connectivity index (χ3v) is 4.89. The number of benzene rings is 1. The molecular weight excluding hydrogens is 320 g/mol. The number of anilines is 1. The summed E-state index contributed by atoms with van der Waals surface area (Å²) in [7, 11) is 0. The molecule has 23 heavy (non-hydrogen) atoms. The van der Waals surface area contributed by atoms with Crippen molar-refractivity contribution in [3.05, 3.63) is 55.9 Å². The van der Waals surface area contributed by atoms with Crippen molar-refractivity contribution in [2.45, 2.75) is 19.3 Å². The third kappa shape index (κ3) is 2.80. The van der Waals surface area contributed by atoms with Crippen LogP contribution in [0.4, 0.5) is 10.7 Å². The lowest BCUT2D eigenvalue weighted by Crippen LogP contribution is -2.14. The predicted octanol–water partition coefficient (Wildman–Crippen LogP) is 3.10. The number of rotatable bonds is 4. The van der Waals surface area contributed by atoms with Crippen LogP contribution in [0.3, 0.4) is 0 Å². The summed E-state index contributed by atoms with van der Waals surface area (Å²) in [5.41, 5.74) is 0.854. The van der Waals surface area contributed by atoms with Crippen LogP contribution in [0.2, 0.25) is 0 Å². The van der Waals surface area contributed by atoms with E-state index in [0.29, 0.717) is 11.4 Å². The fourth-order valence-corrected chi connectivity index (χ4v) is 3.93. The maximum Gasteiger partial charge on any atom is 0.339 e. The molecule has 0 atom stereocenters. The van der Waals surface area contributed by atoms with Gasteiger partial charge >= 0.3 is 5.97 Å². The van der Waals surface area contributed by atoms with Crippen LogP contribution in [0.5, 0.6) is 0 Å². The SMILES string of the molecule is O=C(Nc1sc2c(c1C(=O)O)CCC2)c1cccc([N+](=O)[O-])c1. The summed E-state index contributed by atoms with van der Waals surface area (Å²) >= 11 is 1.26. The molecule has 0 fully saturated rings. The van der Waals surface area contributed by atoms with E-state index in [9.17, 15) is 24.8 Å². The molecule has 0 saturated heterocycles. The van der Waals surface area contributed by atoms with E-state index in [2.05, 4.69) is 5.32 Å². The summed E-state index contributed by atoms with van der Waals surface area (Å²) in [6.45, 7) is 0. The first-order chi connectivity index (χ1) is 11.0. The van der Waals surface area contributed by atoms with E-state index in [1.165, 1.54) is 29.5 Å². The Hall–Kier alpha value is -2.74. The maximum absolute atomic E-state index is 12.3. The van der Waals surface area contributed by atoms with Gasteiger partial charge in [-0.1, -0.05) is 6.07 Å². The zero-order chi connectivity index (χ0) is 16.6. The smallest absolute Gasteiger partial charge is 0.339 e. The first-order valence-electron chi connectivity index (χ1n) is 6.91. The highest BCUT2D eigenvalue weighted by molar-refractivity contribution is 7.17. The van der Waals surface area contributed by atoms with E-state index in [1.54, 1.807) is 0 Å². The Morgan fingerprint density at radius 2 is 2.09 bits per heavy atom. The lowest BCUT2D eigenvalue weighted by Gasteiger charge is -2.05. The number of nitro groups is 1. The second kappa shape index (κ2) is 5.81. The van der Waals surface area contributed by atoms with Gasteiger partial charge in [0, 0.05) is 22.6 Å². The fraction of sp³-hybridized carbons (Fsp3) is 0.200. The van der Waals surface area contributed by atoms with Gasteiger partial charge in [0.2, 0.25) is 0 Å².